The lowest BCUT2D eigenvalue weighted by molar-refractivity contribution is -0.124. The van der Waals surface area contributed by atoms with Gasteiger partial charge in [0.1, 0.15) is 0 Å². The van der Waals surface area contributed by atoms with E-state index >= 15 is 0 Å². The third kappa shape index (κ3) is 7.72. The van der Waals surface area contributed by atoms with Crippen molar-refractivity contribution in [1.82, 2.24) is 4.31 Å². The van der Waals surface area contributed by atoms with Crippen molar-refractivity contribution in [3.8, 4) is 0 Å². The van der Waals surface area contributed by atoms with Crippen LogP contribution < -0.4 is 0 Å². The van der Waals surface area contributed by atoms with Crippen LogP contribution in [0.15, 0.2) is 29.2 Å². The molecule has 2 rings (SSSR count). The summed E-state index contributed by atoms with van der Waals surface area (Å²) >= 11 is 0. The smallest absolute Gasteiger partial charge is 0.266 e. The quantitative estimate of drug-likeness (QED) is 0.286. The fourth-order valence-electron chi connectivity index (χ4n) is 4.36. The first-order valence-corrected chi connectivity index (χ1v) is 13.5. The van der Waals surface area contributed by atoms with Crippen molar-refractivity contribution in [2.24, 2.45) is 0 Å². The Morgan fingerprint density at radius 2 is 1.33 bits per heavy atom. The molecule has 1 aliphatic heterocycles. The number of sulfonamides is 1. The maximum Gasteiger partial charge on any atom is 0.266 e. The van der Waals surface area contributed by atoms with Gasteiger partial charge in [-0.2, -0.15) is 0 Å². The molecule has 1 amide bonds. The number of aryl methyl sites for hydroxylation is 1. The Hall–Kier alpha value is -1.36. The summed E-state index contributed by atoms with van der Waals surface area (Å²) in [6.45, 7) is 4.18. The third-order valence-corrected chi connectivity index (χ3v) is 8.13. The van der Waals surface area contributed by atoms with Gasteiger partial charge in [0.05, 0.1) is 4.90 Å². The number of rotatable bonds is 15. The molecule has 1 aromatic carbocycles. The third-order valence-electron chi connectivity index (χ3n) is 6.24. The molecule has 0 aromatic heterocycles. The van der Waals surface area contributed by atoms with Crippen LogP contribution in [0.5, 0.6) is 0 Å². The molecule has 0 bridgehead atoms. The van der Waals surface area contributed by atoms with E-state index in [1.165, 1.54) is 68.5 Å². The average molecular weight is 436 g/mol. The summed E-state index contributed by atoms with van der Waals surface area (Å²) < 4.78 is 27.2. The van der Waals surface area contributed by atoms with Crippen molar-refractivity contribution < 1.29 is 13.2 Å². The fourth-order valence-corrected chi connectivity index (χ4v) is 6.03. The molecular formula is C25H41NO3S. The number of nitrogens with zero attached hydrogens (tertiary/aromatic N) is 1. The number of carbonyl (C=O) groups is 1. The largest absolute Gasteiger partial charge is 0.274 e. The van der Waals surface area contributed by atoms with Crippen molar-refractivity contribution in [1.29, 1.82) is 0 Å². The van der Waals surface area contributed by atoms with Gasteiger partial charge in [0.25, 0.3) is 10.0 Å². The molecule has 0 N–H and O–H groups in total. The average Bonchev–Trinajstić information content (AvgIpc) is 3.10. The molecule has 1 atom stereocenters. The zero-order chi connectivity index (χ0) is 21.8. The van der Waals surface area contributed by atoms with Gasteiger partial charge >= 0.3 is 0 Å². The highest BCUT2D eigenvalue weighted by Gasteiger charge is 2.39. The van der Waals surface area contributed by atoms with Crippen molar-refractivity contribution in [2.75, 3.05) is 0 Å². The van der Waals surface area contributed by atoms with Gasteiger partial charge in [-0.05, 0) is 31.9 Å². The molecule has 1 saturated heterocycles. The van der Waals surface area contributed by atoms with Gasteiger partial charge in [-0.1, -0.05) is 102 Å². The predicted octanol–water partition coefficient (Wildman–Crippen LogP) is 6.77. The lowest BCUT2D eigenvalue weighted by Crippen LogP contribution is -2.38. The maximum absolute atomic E-state index is 13.0. The zero-order valence-electron chi connectivity index (χ0n) is 19.1. The summed E-state index contributed by atoms with van der Waals surface area (Å²) in [5, 5.41) is 0. The zero-order valence-corrected chi connectivity index (χ0v) is 19.9. The Balaban J connectivity index is 1.66. The Labute approximate surface area is 184 Å². The Bertz CT molecular complexity index is 727. The molecule has 0 saturated carbocycles. The number of hydrogen-bond donors (Lipinski definition) is 0. The Kier molecular flexibility index (Phi) is 10.9. The fraction of sp³-hybridized carbons (Fsp3) is 0.720. The van der Waals surface area contributed by atoms with Crippen LogP contribution >= 0.6 is 0 Å². The highest BCUT2D eigenvalue weighted by Crippen LogP contribution is 2.30. The van der Waals surface area contributed by atoms with Crippen LogP contribution in [-0.2, 0) is 14.8 Å². The van der Waals surface area contributed by atoms with Crippen LogP contribution in [0.1, 0.15) is 109 Å². The van der Waals surface area contributed by atoms with E-state index in [2.05, 4.69) is 6.92 Å². The molecule has 170 valence electrons. The molecule has 4 nitrogen and oxygen atoms in total. The van der Waals surface area contributed by atoms with Crippen LogP contribution in [0.2, 0.25) is 0 Å². The van der Waals surface area contributed by atoms with Crippen LogP contribution in [-0.4, -0.2) is 24.7 Å². The number of carbonyl (C=O) groups excluding carboxylic acids is 1. The summed E-state index contributed by atoms with van der Waals surface area (Å²) in [6, 6.07) is 6.61. The van der Waals surface area contributed by atoms with Gasteiger partial charge in [0.2, 0.25) is 5.91 Å². The van der Waals surface area contributed by atoms with Gasteiger partial charge in [-0.15, -0.1) is 0 Å². The normalized spacial score (nSPS) is 17.1. The molecule has 1 aromatic rings. The minimum absolute atomic E-state index is 0.174. The first kappa shape index (κ1) is 24.9. The monoisotopic (exact) mass is 435 g/mol. The second-order valence-electron chi connectivity index (χ2n) is 8.88. The van der Waals surface area contributed by atoms with Crippen LogP contribution in [0, 0.1) is 6.92 Å². The standard InChI is InChI=1S/C25H41NO3S/c1-3-4-5-6-7-8-9-10-11-12-13-14-15-23-18-21-25(27)26(23)30(28,29)24-19-16-22(2)17-20-24/h16-17,19-20,23H,3-15,18,21H2,1-2H3. The van der Waals surface area contributed by atoms with Gasteiger partial charge < -0.3 is 0 Å². The maximum atomic E-state index is 13.0. The topological polar surface area (TPSA) is 54.5 Å². The van der Waals surface area contributed by atoms with E-state index in [1.54, 1.807) is 24.3 Å². The van der Waals surface area contributed by atoms with Crippen molar-refractivity contribution in [3.63, 3.8) is 0 Å². The SMILES string of the molecule is CCCCCCCCCCCCCCC1CCC(=O)N1S(=O)(=O)c1ccc(C)cc1. The summed E-state index contributed by atoms with van der Waals surface area (Å²) in [6.07, 6.45) is 17.2. The van der Waals surface area contributed by atoms with Crippen LogP contribution in [0.4, 0.5) is 0 Å². The number of hydrogen-bond acceptors (Lipinski definition) is 3. The molecular weight excluding hydrogens is 394 g/mol. The Morgan fingerprint density at radius 3 is 1.87 bits per heavy atom. The van der Waals surface area contributed by atoms with Gasteiger partial charge in [0.15, 0.2) is 0 Å². The second-order valence-corrected chi connectivity index (χ2v) is 10.7. The van der Waals surface area contributed by atoms with Gasteiger partial charge in [0, 0.05) is 12.5 Å². The molecule has 5 heteroatoms. The summed E-state index contributed by atoms with van der Waals surface area (Å²) in [4.78, 5) is 12.6. The van der Waals surface area contributed by atoms with Gasteiger partial charge in [-0.3, -0.25) is 4.79 Å². The lowest BCUT2D eigenvalue weighted by atomic mass is 10.0. The van der Waals surface area contributed by atoms with E-state index in [0.717, 1.165) is 24.8 Å². The first-order valence-electron chi connectivity index (χ1n) is 12.1. The van der Waals surface area contributed by atoms with E-state index in [-0.39, 0.29) is 16.8 Å². The van der Waals surface area contributed by atoms with Crippen molar-refractivity contribution in [3.05, 3.63) is 29.8 Å². The molecule has 1 aliphatic rings. The molecule has 1 heterocycles. The molecule has 0 spiro atoms. The summed E-state index contributed by atoms with van der Waals surface area (Å²) in [7, 11) is -3.74. The van der Waals surface area contributed by atoms with Crippen molar-refractivity contribution in [2.45, 2.75) is 121 Å². The summed E-state index contributed by atoms with van der Waals surface area (Å²) in [5.74, 6) is -0.250. The first-order chi connectivity index (χ1) is 14.5. The minimum atomic E-state index is -3.74. The second kappa shape index (κ2) is 13.1. The van der Waals surface area contributed by atoms with E-state index in [9.17, 15) is 13.2 Å². The van der Waals surface area contributed by atoms with Crippen molar-refractivity contribution >= 4 is 15.9 Å². The van der Waals surface area contributed by atoms with E-state index in [0.29, 0.717) is 12.8 Å². The minimum Gasteiger partial charge on any atom is -0.274 e. The van der Waals surface area contributed by atoms with E-state index in [4.69, 9.17) is 0 Å². The predicted molar refractivity (Wildman–Crippen MR) is 124 cm³/mol. The number of amides is 1. The summed E-state index contributed by atoms with van der Waals surface area (Å²) in [5.41, 5.74) is 1.01. The number of unbranched alkanes of at least 4 members (excludes halogenated alkanes) is 11. The van der Waals surface area contributed by atoms with Gasteiger partial charge in [-0.25, -0.2) is 12.7 Å². The van der Waals surface area contributed by atoms with E-state index < -0.39 is 10.0 Å². The van der Waals surface area contributed by atoms with Crippen LogP contribution in [0.3, 0.4) is 0 Å². The molecule has 0 radical (unpaired) electrons. The molecule has 0 aliphatic carbocycles. The lowest BCUT2D eigenvalue weighted by Gasteiger charge is -2.24. The van der Waals surface area contributed by atoms with Crippen LogP contribution in [0.25, 0.3) is 0 Å². The number of benzene rings is 1. The van der Waals surface area contributed by atoms with E-state index in [1.807, 2.05) is 6.92 Å². The highest BCUT2D eigenvalue weighted by molar-refractivity contribution is 7.89. The molecule has 30 heavy (non-hydrogen) atoms. The Morgan fingerprint density at radius 1 is 0.833 bits per heavy atom. The highest BCUT2D eigenvalue weighted by atomic mass is 32.2. The molecule has 1 fully saturated rings. The molecule has 1 unspecified atom stereocenters.